The van der Waals surface area contributed by atoms with E-state index in [2.05, 4.69) is 11.8 Å². The molecular formula is C19H26BN3O5S. The van der Waals surface area contributed by atoms with Gasteiger partial charge in [-0.05, 0) is 36.8 Å². The molecule has 1 saturated carbocycles. The number of carbonyl (C=O) groups is 2. The topological polar surface area (TPSA) is 139 Å². The van der Waals surface area contributed by atoms with Crippen molar-refractivity contribution in [2.45, 2.75) is 47.7 Å². The molecular weight excluding hydrogens is 393 g/mol. The average molecular weight is 419 g/mol. The number of hydrogen-bond acceptors (Lipinski definition) is 7. The largest absolute Gasteiger partial charge is 0.535 e. The fraction of sp³-hybridized carbons (Fsp3) is 0.579. The Kier molecular flexibility index (Phi) is 5.09. The number of nitrogens with zero attached hydrogens (tertiary/aromatic N) is 1. The quantitative estimate of drug-likeness (QED) is 0.375. The van der Waals surface area contributed by atoms with Crippen molar-refractivity contribution < 1.29 is 24.4 Å². The van der Waals surface area contributed by atoms with E-state index in [1.165, 1.54) is 11.8 Å². The third-order valence-electron chi connectivity index (χ3n) is 6.28. The molecule has 8 nitrogen and oxygen atoms in total. The fourth-order valence-electron chi connectivity index (χ4n) is 4.27. The SMILES string of the molecule is CC(Sc1ccc2c(c1C(=O)O)OB(O)C1CC21)C1CN(C[C@@](C)(N)C(N)=O)C1. The summed E-state index contributed by atoms with van der Waals surface area (Å²) >= 11 is 1.51. The van der Waals surface area contributed by atoms with Crippen molar-refractivity contribution in [2.24, 2.45) is 17.4 Å². The Morgan fingerprint density at radius 1 is 1.45 bits per heavy atom. The third-order valence-corrected chi connectivity index (χ3v) is 7.64. The number of nitrogens with two attached hydrogens (primary N) is 2. The molecule has 0 aromatic heterocycles. The molecule has 1 saturated heterocycles. The summed E-state index contributed by atoms with van der Waals surface area (Å²) < 4.78 is 5.59. The maximum atomic E-state index is 12.0. The second-order valence-electron chi connectivity index (χ2n) is 8.74. The predicted octanol–water partition coefficient (Wildman–Crippen LogP) is 0.730. The van der Waals surface area contributed by atoms with Crippen LogP contribution in [0.2, 0.25) is 5.82 Å². The van der Waals surface area contributed by atoms with E-state index in [9.17, 15) is 19.7 Å². The van der Waals surface area contributed by atoms with Crippen LogP contribution < -0.4 is 16.1 Å². The molecule has 0 bridgehead atoms. The second kappa shape index (κ2) is 7.19. The van der Waals surface area contributed by atoms with Gasteiger partial charge in [0.25, 0.3) is 0 Å². The minimum atomic E-state index is -1.06. The van der Waals surface area contributed by atoms with Gasteiger partial charge in [-0.2, -0.15) is 0 Å². The summed E-state index contributed by atoms with van der Waals surface area (Å²) in [5.41, 5.74) is 11.2. The van der Waals surface area contributed by atoms with E-state index in [-0.39, 0.29) is 22.5 Å². The van der Waals surface area contributed by atoms with Gasteiger partial charge in [0.1, 0.15) is 16.9 Å². The number of aromatic carboxylic acids is 1. The average Bonchev–Trinajstić information content (AvgIpc) is 3.38. The number of benzene rings is 1. The van der Waals surface area contributed by atoms with Crippen molar-refractivity contribution in [2.75, 3.05) is 19.6 Å². The van der Waals surface area contributed by atoms with Crippen LogP contribution in [0.25, 0.3) is 0 Å². The second-order valence-corrected chi connectivity index (χ2v) is 10.2. The lowest BCUT2D eigenvalue weighted by molar-refractivity contribution is -0.123. The highest BCUT2D eigenvalue weighted by Crippen LogP contribution is 2.60. The Morgan fingerprint density at radius 2 is 2.14 bits per heavy atom. The van der Waals surface area contributed by atoms with Gasteiger partial charge in [0.2, 0.25) is 5.91 Å². The van der Waals surface area contributed by atoms with Gasteiger partial charge in [0, 0.05) is 35.6 Å². The van der Waals surface area contributed by atoms with Gasteiger partial charge in [-0.25, -0.2) is 4.79 Å². The number of rotatable bonds is 7. The lowest BCUT2D eigenvalue weighted by atomic mass is 9.77. The van der Waals surface area contributed by atoms with E-state index < -0.39 is 24.5 Å². The van der Waals surface area contributed by atoms with E-state index in [1.807, 2.05) is 12.1 Å². The molecule has 6 N–H and O–H groups in total. The van der Waals surface area contributed by atoms with Gasteiger partial charge in [0.15, 0.2) is 0 Å². The van der Waals surface area contributed by atoms with Crippen molar-refractivity contribution in [3.05, 3.63) is 23.3 Å². The van der Waals surface area contributed by atoms with Crippen LogP contribution >= 0.6 is 11.8 Å². The molecule has 3 aliphatic rings. The van der Waals surface area contributed by atoms with Gasteiger partial charge in [-0.15, -0.1) is 11.8 Å². The number of fused-ring (bicyclic) bond motifs is 3. The number of likely N-dealkylation sites (tertiary alicyclic amines) is 1. The zero-order valence-corrected chi connectivity index (χ0v) is 17.3. The molecule has 0 spiro atoms. The molecule has 2 aliphatic heterocycles. The van der Waals surface area contributed by atoms with Crippen molar-refractivity contribution >= 4 is 30.8 Å². The Labute approximate surface area is 174 Å². The first-order chi connectivity index (χ1) is 13.6. The van der Waals surface area contributed by atoms with Crippen molar-refractivity contribution in [3.8, 4) is 5.75 Å². The van der Waals surface area contributed by atoms with E-state index in [0.29, 0.717) is 23.1 Å². The van der Waals surface area contributed by atoms with Crippen LogP contribution in [0.15, 0.2) is 17.0 Å². The Morgan fingerprint density at radius 3 is 2.76 bits per heavy atom. The molecule has 29 heavy (non-hydrogen) atoms. The summed E-state index contributed by atoms with van der Waals surface area (Å²) in [7, 11) is -0.931. The summed E-state index contributed by atoms with van der Waals surface area (Å²) in [6.07, 6.45) is 0.833. The normalized spacial score (nSPS) is 26.4. The summed E-state index contributed by atoms with van der Waals surface area (Å²) in [5.74, 6) is -0.630. The zero-order chi connectivity index (χ0) is 21.1. The van der Waals surface area contributed by atoms with Gasteiger partial charge in [-0.3, -0.25) is 4.79 Å². The summed E-state index contributed by atoms with van der Waals surface area (Å²) in [5, 5.41) is 20.1. The number of primary amides is 1. The number of carbonyl (C=O) groups excluding carboxylic acids is 1. The van der Waals surface area contributed by atoms with Crippen molar-refractivity contribution in [1.82, 2.24) is 4.90 Å². The van der Waals surface area contributed by atoms with Gasteiger partial charge in [0.05, 0.1) is 0 Å². The van der Waals surface area contributed by atoms with Crippen LogP contribution in [-0.4, -0.2) is 64.4 Å². The van der Waals surface area contributed by atoms with Crippen LogP contribution in [0.4, 0.5) is 0 Å². The third kappa shape index (κ3) is 3.74. The number of hydrogen-bond donors (Lipinski definition) is 4. The first-order valence-electron chi connectivity index (χ1n) is 9.81. The molecule has 1 aliphatic carbocycles. The molecule has 4 rings (SSSR count). The van der Waals surface area contributed by atoms with Crippen molar-refractivity contribution in [3.63, 3.8) is 0 Å². The molecule has 1 amide bonds. The minimum absolute atomic E-state index is 0.0798. The first-order valence-corrected chi connectivity index (χ1v) is 10.7. The maximum absolute atomic E-state index is 12.0. The number of thioether (sulfide) groups is 1. The van der Waals surface area contributed by atoms with Crippen LogP contribution in [0.3, 0.4) is 0 Å². The van der Waals surface area contributed by atoms with Gasteiger partial charge in [-0.1, -0.05) is 13.0 Å². The smallest absolute Gasteiger partial charge is 0.526 e. The van der Waals surface area contributed by atoms with Crippen LogP contribution in [0.1, 0.15) is 42.1 Å². The molecule has 4 atom stereocenters. The monoisotopic (exact) mass is 419 g/mol. The van der Waals surface area contributed by atoms with Gasteiger partial charge < -0.3 is 31.2 Å². The molecule has 1 aromatic rings. The fourth-order valence-corrected chi connectivity index (χ4v) is 5.48. The van der Waals surface area contributed by atoms with Crippen molar-refractivity contribution in [1.29, 1.82) is 0 Å². The first kappa shape index (κ1) is 20.5. The van der Waals surface area contributed by atoms with E-state index in [0.717, 1.165) is 25.1 Å². The molecule has 1 aromatic carbocycles. The molecule has 10 heteroatoms. The lowest BCUT2D eigenvalue weighted by Gasteiger charge is -2.44. The molecule has 156 valence electrons. The van der Waals surface area contributed by atoms with Crippen LogP contribution in [0, 0.1) is 5.92 Å². The molecule has 2 heterocycles. The molecule has 0 radical (unpaired) electrons. The molecule has 2 fully saturated rings. The van der Waals surface area contributed by atoms with Crippen LogP contribution in [-0.2, 0) is 4.79 Å². The number of carboxylic acids is 1. The lowest BCUT2D eigenvalue weighted by Crippen LogP contribution is -2.62. The summed E-state index contributed by atoms with van der Waals surface area (Å²) in [6, 6.07) is 3.80. The van der Waals surface area contributed by atoms with Gasteiger partial charge >= 0.3 is 13.1 Å². The highest BCUT2D eigenvalue weighted by molar-refractivity contribution is 8.00. The predicted molar refractivity (Wildman–Crippen MR) is 110 cm³/mol. The maximum Gasteiger partial charge on any atom is 0.526 e. The van der Waals surface area contributed by atoms with E-state index in [1.54, 1.807) is 6.92 Å². The molecule has 3 unspecified atom stereocenters. The van der Waals surface area contributed by atoms with E-state index >= 15 is 0 Å². The Hall–Kier alpha value is -1.75. The number of amides is 1. The highest BCUT2D eigenvalue weighted by atomic mass is 32.2. The van der Waals surface area contributed by atoms with Crippen LogP contribution in [0.5, 0.6) is 5.75 Å². The Balaban J connectivity index is 1.44. The Bertz CT molecular complexity index is 860. The summed E-state index contributed by atoms with van der Waals surface area (Å²) in [4.78, 5) is 26.1. The number of carboxylic acid groups (broad SMARTS) is 1. The minimum Gasteiger partial charge on any atom is -0.535 e. The standard InChI is InChI=1S/C19H26BN3O5S/c1-9(10-6-23(7-10)8-19(2,22)18(21)26)29-14-4-3-11-12-5-13(12)20(27)28-16(11)15(14)17(24)25/h3-4,9-10,12-13,27H,5-8,22H2,1-2H3,(H2,21,26)(H,24,25)/t9?,12?,13?,19-/m1/s1. The van der Waals surface area contributed by atoms with E-state index in [4.69, 9.17) is 16.1 Å². The summed E-state index contributed by atoms with van der Waals surface area (Å²) in [6.45, 7) is 5.66. The highest BCUT2D eigenvalue weighted by Gasteiger charge is 2.54. The zero-order valence-electron chi connectivity index (χ0n) is 16.5.